The van der Waals surface area contributed by atoms with E-state index in [-0.39, 0.29) is 24.3 Å². The number of thiazole rings is 1. The van der Waals surface area contributed by atoms with Crippen LogP contribution in [0.25, 0.3) is 16.8 Å². The molecule has 1 aromatic heterocycles. The predicted octanol–water partition coefficient (Wildman–Crippen LogP) is 6.78. The van der Waals surface area contributed by atoms with E-state index in [4.69, 9.17) is 24.3 Å². The number of hydrogen-bond donors (Lipinski definition) is 1. The van der Waals surface area contributed by atoms with Crippen molar-refractivity contribution in [2.45, 2.75) is 39.3 Å². The first-order valence-corrected chi connectivity index (χ1v) is 17.4. The van der Waals surface area contributed by atoms with Crippen molar-refractivity contribution in [1.29, 1.82) is 0 Å². The van der Waals surface area contributed by atoms with Crippen LogP contribution in [-0.2, 0) is 16.1 Å². The second-order valence-electron chi connectivity index (χ2n) is 11.3. The summed E-state index contributed by atoms with van der Waals surface area (Å²) in [4.78, 5) is 44.7. The third kappa shape index (κ3) is 6.81. The Labute approximate surface area is 294 Å². The Morgan fingerprint density at radius 2 is 1.78 bits per heavy atom. The summed E-state index contributed by atoms with van der Waals surface area (Å²) in [5, 5.41) is 10.9. The van der Waals surface area contributed by atoms with E-state index >= 15 is 0 Å². The number of aromatic nitrogens is 1. The van der Waals surface area contributed by atoms with Crippen molar-refractivity contribution in [3.63, 3.8) is 0 Å². The van der Waals surface area contributed by atoms with Gasteiger partial charge in [-0.3, -0.25) is 9.36 Å². The summed E-state index contributed by atoms with van der Waals surface area (Å²) in [5.74, 6) is -0.355. The van der Waals surface area contributed by atoms with Crippen LogP contribution in [0, 0.1) is 0 Å². The fourth-order valence-electron chi connectivity index (χ4n) is 5.91. The highest BCUT2D eigenvalue weighted by Gasteiger charge is 2.37. The summed E-state index contributed by atoms with van der Waals surface area (Å²) in [6, 6.07) is 22.9. The van der Waals surface area contributed by atoms with Gasteiger partial charge in [-0.25, -0.2) is 14.6 Å². The van der Waals surface area contributed by atoms with Crippen LogP contribution in [0.3, 0.4) is 0 Å². The van der Waals surface area contributed by atoms with Crippen LogP contribution >= 0.6 is 27.3 Å². The number of halogens is 1. The number of hydrogen-bond acceptors (Lipinski definition) is 8. The van der Waals surface area contributed by atoms with Crippen molar-refractivity contribution in [3.8, 4) is 11.5 Å². The number of allylic oxidation sites excluding steroid dienone is 1. The normalized spacial score (nSPS) is 14.4. The van der Waals surface area contributed by atoms with Gasteiger partial charge in [-0.1, -0.05) is 73.2 Å². The third-order valence-corrected chi connectivity index (χ3v) is 9.77. The van der Waals surface area contributed by atoms with E-state index < -0.39 is 18.0 Å². The fourth-order valence-corrected chi connectivity index (χ4v) is 7.44. The molecule has 0 fully saturated rings. The molecule has 1 atom stereocenters. The van der Waals surface area contributed by atoms with Crippen LogP contribution in [0.5, 0.6) is 11.5 Å². The summed E-state index contributed by atoms with van der Waals surface area (Å²) in [5.41, 5.74) is 3.12. The van der Waals surface area contributed by atoms with E-state index in [1.165, 1.54) is 23.5 Å². The standard InChI is InChI=1S/C38H33BrN2O7S/c1-4-8-28-33(37(45)47-5-2)34(32-26-10-7-6-9-24(26)16-18-30(32)46-3)41-35(42)31(49-38(41)40-28)20-23-13-17-29(27(39)19-23)48-21-22-11-14-25(15-12-22)36(43)44/h6-7,9-20,34H,4-5,8,21H2,1-3H3,(H,43,44)/b31-20+/t34-/m0/s1. The lowest BCUT2D eigenvalue weighted by atomic mass is 9.90. The number of esters is 1. The number of nitrogens with zero attached hydrogens (tertiary/aromatic N) is 2. The number of benzene rings is 4. The molecule has 0 bridgehead atoms. The van der Waals surface area contributed by atoms with Crippen LogP contribution in [0.2, 0.25) is 0 Å². The highest BCUT2D eigenvalue weighted by molar-refractivity contribution is 9.10. The zero-order valence-corrected chi connectivity index (χ0v) is 29.5. The minimum absolute atomic E-state index is 0.178. The molecular formula is C38H33BrN2O7S. The first-order valence-electron chi connectivity index (χ1n) is 15.8. The molecule has 0 radical (unpaired) electrons. The molecule has 9 nitrogen and oxygen atoms in total. The average molecular weight is 742 g/mol. The SMILES string of the molecule is CCCC1=C(C(=O)OCC)[C@H](c2c(OC)ccc3ccccc23)n2c(s/c(=C/c3ccc(OCc4ccc(C(=O)O)cc4)c(Br)c3)c2=O)=N1. The largest absolute Gasteiger partial charge is 0.496 e. The van der Waals surface area contributed by atoms with Gasteiger partial charge in [0.2, 0.25) is 0 Å². The molecule has 0 spiro atoms. The molecular weight excluding hydrogens is 708 g/mol. The molecule has 6 rings (SSSR count). The summed E-state index contributed by atoms with van der Waals surface area (Å²) in [6.07, 6.45) is 3.07. The van der Waals surface area contributed by atoms with Crippen LogP contribution in [0.4, 0.5) is 0 Å². The maximum atomic E-state index is 14.4. The molecule has 0 saturated carbocycles. The minimum atomic E-state index is -0.983. The highest BCUT2D eigenvalue weighted by Crippen LogP contribution is 2.41. The molecule has 11 heteroatoms. The number of ether oxygens (including phenoxy) is 3. The molecule has 49 heavy (non-hydrogen) atoms. The maximum Gasteiger partial charge on any atom is 0.338 e. The molecule has 1 aliphatic rings. The zero-order chi connectivity index (χ0) is 34.7. The van der Waals surface area contributed by atoms with Crippen molar-refractivity contribution >= 4 is 56.1 Å². The van der Waals surface area contributed by atoms with Crippen LogP contribution in [0.15, 0.2) is 104 Å². The number of fused-ring (bicyclic) bond motifs is 2. The highest BCUT2D eigenvalue weighted by atomic mass is 79.9. The molecule has 1 aliphatic heterocycles. The Balaban J connectivity index is 1.45. The number of carbonyl (C=O) groups excluding carboxylic acids is 1. The summed E-state index contributed by atoms with van der Waals surface area (Å²) < 4.78 is 20.2. The number of carbonyl (C=O) groups is 2. The Bertz CT molecular complexity index is 2290. The van der Waals surface area contributed by atoms with E-state index in [2.05, 4.69) is 15.9 Å². The van der Waals surface area contributed by atoms with Crippen molar-refractivity contribution in [2.24, 2.45) is 4.99 Å². The van der Waals surface area contributed by atoms with Gasteiger partial charge in [0.1, 0.15) is 24.1 Å². The van der Waals surface area contributed by atoms with Gasteiger partial charge in [0, 0.05) is 5.56 Å². The third-order valence-electron chi connectivity index (χ3n) is 8.17. The summed E-state index contributed by atoms with van der Waals surface area (Å²) in [6.45, 7) is 4.20. The number of carboxylic acids is 1. The molecule has 2 heterocycles. The lowest BCUT2D eigenvalue weighted by Gasteiger charge is -2.28. The molecule has 250 valence electrons. The quantitative estimate of drug-likeness (QED) is 0.149. The number of aromatic carboxylic acids is 1. The van der Waals surface area contributed by atoms with Crippen molar-refractivity contribution in [2.75, 3.05) is 13.7 Å². The molecule has 0 aliphatic carbocycles. The second-order valence-corrected chi connectivity index (χ2v) is 13.2. The van der Waals surface area contributed by atoms with Gasteiger partial charge < -0.3 is 19.3 Å². The first kappa shape index (κ1) is 33.9. The van der Waals surface area contributed by atoms with Gasteiger partial charge in [-0.15, -0.1) is 0 Å². The van der Waals surface area contributed by atoms with Gasteiger partial charge in [0.05, 0.1) is 39.6 Å². The van der Waals surface area contributed by atoms with E-state index in [1.54, 1.807) is 42.9 Å². The van der Waals surface area contributed by atoms with E-state index in [0.717, 1.165) is 28.3 Å². The molecule has 4 aromatic carbocycles. The van der Waals surface area contributed by atoms with E-state index in [0.29, 0.717) is 48.6 Å². The number of rotatable bonds is 11. The number of methoxy groups -OCH3 is 1. The van der Waals surface area contributed by atoms with Gasteiger partial charge in [-0.05, 0) is 87.6 Å². The zero-order valence-electron chi connectivity index (χ0n) is 27.1. The molecule has 0 unspecified atom stereocenters. The van der Waals surface area contributed by atoms with Gasteiger partial charge in [0.15, 0.2) is 4.80 Å². The van der Waals surface area contributed by atoms with Crippen molar-refractivity contribution in [3.05, 3.63) is 137 Å². The average Bonchev–Trinajstić information content (AvgIpc) is 3.41. The molecule has 0 amide bonds. The van der Waals surface area contributed by atoms with Crippen LogP contribution in [0.1, 0.15) is 59.8 Å². The van der Waals surface area contributed by atoms with Crippen molar-refractivity contribution < 1.29 is 28.9 Å². The Morgan fingerprint density at radius 3 is 2.47 bits per heavy atom. The van der Waals surface area contributed by atoms with Crippen LogP contribution in [-0.4, -0.2) is 35.3 Å². The van der Waals surface area contributed by atoms with Gasteiger partial charge in [-0.2, -0.15) is 0 Å². The lowest BCUT2D eigenvalue weighted by Crippen LogP contribution is -2.40. The van der Waals surface area contributed by atoms with Crippen molar-refractivity contribution in [1.82, 2.24) is 4.57 Å². The number of carboxylic acid groups (broad SMARTS) is 1. The first-order chi connectivity index (χ1) is 23.7. The van der Waals surface area contributed by atoms with Crippen LogP contribution < -0.4 is 24.4 Å². The minimum Gasteiger partial charge on any atom is -0.496 e. The van der Waals surface area contributed by atoms with Gasteiger partial charge >= 0.3 is 11.9 Å². The Kier molecular flexibility index (Phi) is 10.1. The smallest absolute Gasteiger partial charge is 0.338 e. The monoisotopic (exact) mass is 740 g/mol. The Hall–Kier alpha value is -5.00. The summed E-state index contributed by atoms with van der Waals surface area (Å²) >= 11 is 4.85. The lowest BCUT2D eigenvalue weighted by molar-refractivity contribution is -0.139. The second kappa shape index (κ2) is 14.6. The molecule has 5 aromatic rings. The fraction of sp³-hybridized carbons (Fsp3) is 0.211. The van der Waals surface area contributed by atoms with E-state index in [9.17, 15) is 14.4 Å². The van der Waals surface area contributed by atoms with E-state index in [1.807, 2.05) is 55.5 Å². The topological polar surface area (TPSA) is 116 Å². The predicted molar refractivity (Wildman–Crippen MR) is 192 cm³/mol. The van der Waals surface area contributed by atoms with Gasteiger partial charge in [0.25, 0.3) is 5.56 Å². The molecule has 0 saturated heterocycles. The maximum absolute atomic E-state index is 14.4. The Morgan fingerprint density at radius 1 is 1.02 bits per heavy atom. The molecule has 1 N–H and O–H groups in total. The summed E-state index contributed by atoms with van der Waals surface area (Å²) in [7, 11) is 1.58.